The van der Waals surface area contributed by atoms with Crippen LogP contribution in [0.1, 0.15) is 45.2 Å². The van der Waals surface area contributed by atoms with Crippen LogP contribution in [0.4, 0.5) is 5.69 Å². The maximum absolute atomic E-state index is 13.7. The van der Waals surface area contributed by atoms with Crippen molar-refractivity contribution in [1.29, 1.82) is 0 Å². The zero-order chi connectivity index (χ0) is 25.3. The highest BCUT2D eigenvalue weighted by Gasteiger charge is 2.32. The summed E-state index contributed by atoms with van der Waals surface area (Å²) in [5, 5.41) is 2.92. The van der Waals surface area contributed by atoms with E-state index in [1.165, 1.54) is 4.90 Å². The minimum Gasteiger partial charge on any atom is -0.354 e. The van der Waals surface area contributed by atoms with Crippen molar-refractivity contribution in [2.24, 2.45) is 5.92 Å². The van der Waals surface area contributed by atoms with Gasteiger partial charge in [-0.3, -0.25) is 13.9 Å². The molecule has 0 aliphatic heterocycles. The smallest absolute Gasteiger partial charge is 0.244 e. The van der Waals surface area contributed by atoms with E-state index in [4.69, 9.17) is 0 Å². The highest BCUT2D eigenvalue weighted by Crippen LogP contribution is 2.24. The molecule has 2 aromatic rings. The van der Waals surface area contributed by atoms with Crippen LogP contribution >= 0.6 is 0 Å². The van der Waals surface area contributed by atoms with E-state index in [0.29, 0.717) is 25.1 Å². The molecule has 0 saturated heterocycles. The van der Waals surface area contributed by atoms with Crippen LogP contribution in [-0.4, -0.2) is 50.5 Å². The first-order valence-electron chi connectivity index (χ1n) is 11.7. The van der Waals surface area contributed by atoms with Crippen molar-refractivity contribution in [3.05, 3.63) is 65.7 Å². The lowest BCUT2D eigenvalue weighted by Crippen LogP contribution is -2.52. The summed E-state index contributed by atoms with van der Waals surface area (Å²) in [5.74, 6) is -0.391. The molecule has 2 rings (SSSR count). The molecular weight excluding hydrogens is 450 g/mol. The molecule has 0 bridgehead atoms. The lowest BCUT2D eigenvalue weighted by Gasteiger charge is -2.33. The first kappa shape index (κ1) is 27.4. The molecule has 0 saturated carbocycles. The Balaban J connectivity index is 2.43. The lowest BCUT2D eigenvalue weighted by atomic mass is 10.1. The van der Waals surface area contributed by atoms with Gasteiger partial charge in [0.05, 0.1) is 11.9 Å². The number of hydrogen-bond acceptors (Lipinski definition) is 4. The number of carbonyl (C=O) groups is 2. The van der Waals surface area contributed by atoms with Crippen LogP contribution in [-0.2, 0) is 32.6 Å². The molecule has 7 nitrogen and oxygen atoms in total. The average molecular weight is 488 g/mol. The SMILES string of the molecule is CCc1ccccc1N(CC(=O)N(Cc1ccccc1)[C@H](CC)C(=O)NCC(C)C)S(C)(=O)=O. The Kier molecular flexibility index (Phi) is 10.1. The Labute approximate surface area is 204 Å². The van der Waals surface area contributed by atoms with Gasteiger partial charge in [0.25, 0.3) is 0 Å². The average Bonchev–Trinajstić information content (AvgIpc) is 2.80. The molecule has 2 aromatic carbocycles. The number of benzene rings is 2. The number of sulfonamides is 1. The van der Waals surface area contributed by atoms with Crippen molar-refractivity contribution < 1.29 is 18.0 Å². The summed E-state index contributed by atoms with van der Waals surface area (Å²) in [7, 11) is -3.74. The Bertz CT molecular complexity index is 1050. The van der Waals surface area contributed by atoms with E-state index in [0.717, 1.165) is 21.7 Å². The number of rotatable bonds is 12. The van der Waals surface area contributed by atoms with E-state index in [1.807, 2.05) is 70.2 Å². The van der Waals surface area contributed by atoms with Crippen molar-refractivity contribution in [3.8, 4) is 0 Å². The van der Waals surface area contributed by atoms with Crippen LogP contribution in [0.3, 0.4) is 0 Å². The third-order valence-electron chi connectivity index (χ3n) is 5.59. The van der Waals surface area contributed by atoms with Gasteiger partial charge in [-0.25, -0.2) is 8.42 Å². The molecule has 0 unspecified atom stereocenters. The second-order valence-electron chi connectivity index (χ2n) is 8.82. The second kappa shape index (κ2) is 12.6. The Morgan fingerprint density at radius 2 is 1.59 bits per heavy atom. The molecular formula is C26H37N3O4S. The number of nitrogens with one attached hydrogen (secondary N) is 1. The number of para-hydroxylation sites is 1. The molecule has 0 fully saturated rings. The van der Waals surface area contributed by atoms with Gasteiger partial charge in [0.1, 0.15) is 12.6 Å². The summed E-state index contributed by atoms with van der Waals surface area (Å²) in [6, 6.07) is 15.9. The van der Waals surface area contributed by atoms with Gasteiger partial charge in [0, 0.05) is 13.1 Å². The second-order valence-corrected chi connectivity index (χ2v) is 10.7. The van der Waals surface area contributed by atoms with Crippen LogP contribution in [0.5, 0.6) is 0 Å². The van der Waals surface area contributed by atoms with E-state index in [1.54, 1.807) is 12.1 Å². The number of carbonyl (C=O) groups excluding carboxylic acids is 2. The Morgan fingerprint density at radius 3 is 2.15 bits per heavy atom. The maximum atomic E-state index is 13.7. The standard InChI is InChI=1S/C26H37N3O4S/c1-6-22-15-11-12-16-24(22)29(34(5,32)33)19-25(30)28(18-21-13-9-8-10-14-21)23(7-2)26(31)27-17-20(3)4/h8-16,20,23H,6-7,17-19H2,1-5H3,(H,27,31)/t23-/m1/s1. The topological polar surface area (TPSA) is 86.8 Å². The molecule has 0 spiro atoms. The van der Waals surface area contributed by atoms with Crippen molar-refractivity contribution in [2.45, 2.75) is 53.1 Å². The fourth-order valence-corrected chi connectivity index (χ4v) is 4.65. The number of aryl methyl sites for hydroxylation is 1. The third kappa shape index (κ3) is 7.58. The summed E-state index contributed by atoms with van der Waals surface area (Å²) in [6.45, 7) is 8.13. The van der Waals surface area contributed by atoms with Crippen molar-refractivity contribution >= 4 is 27.5 Å². The lowest BCUT2D eigenvalue weighted by molar-refractivity contribution is -0.140. The van der Waals surface area contributed by atoms with Gasteiger partial charge in [-0.15, -0.1) is 0 Å². The highest BCUT2D eigenvalue weighted by atomic mass is 32.2. The predicted octanol–water partition coefficient (Wildman–Crippen LogP) is 3.59. The van der Waals surface area contributed by atoms with Crippen molar-refractivity contribution in [2.75, 3.05) is 23.7 Å². The van der Waals surface area contributed by atoms with Gasteiger partial charge in [0.15, 0.2) is 0 Å². The van der Waals surface area contributed by atoms with E-state index in [9.17, 15) is 18.0 Å². The molecule has 34 heavy (non-hydrogen) atoms. The normalized spacial score (nSPS) is 12.3. The van der Waals surface area contributed by atoms with Crippen LogP contribution in [0.25, 0.3) is 0 Å². The predicted molar refractivity (Wildman–Crippen MR) is 137 cm³/mol. The van der Waals surface area contributed by atoms with Gasteiger partial charge in [-0.1, -0.05) is 76.2 Å². The van der Waals surface area contributed by atoms with Crippen LogP contribution in [0.15, 0.2) is 54.6 Å². The minimum absolute atomic E-state index is 0.209. The van der Waals surface area contributed by atoms with Gasteiger partial charge in [-0.2, -0.15) is 0 Å². The van der Waals surface area contributed by atoms with Gasteiger partial charge >= 0.3 is 0 Å². The molecule has 0 aliphatic carbocycles. The number of hydrogen-bond donors (Lipinski definition) is 1. The first-order valence-corrected chi connectivity index (χ1v) is 13.6. The highest BCUT2D eigenvalue weighted by molar-refractivity contribution is 7.92. The van der Waals surface area contributed by atoms with Crippen LogP contribution in [0.2, 0.25) is 0 Å². The molecule has 8 heteroatoms. The van der Waals surface area contributed by atoms with E-state index in [2.05, 4.69) is 5.32 Å². The number of amides is 2. The van der Waals surface area contributed by atoms with Crippen LogP contribution < -0.4 is 9.62 Å². The fraction of sp³-hybridized carbons (Fsp3) is 0.462. The van der Waals surface area contributed by atoms with Crippen molar-refractivity contribution in [1.82, 2.24) is 10.2 Å². The zero-order valence-electron chi connectivity index (χ0n) is 20.8. The van der Waals surface area contributed by atoms with E-state index in [-0.39, 0.29) is 24.9 Å². The fourth-order valence-electron chi connectivity index (χ4n) is 3.77. The molecule has 0 aliphatic rings. The summed E-state index contributed by atoms with van der Waals surface area (Å²) >= 11 is 0. The first-order chi connectivity index (χ1) is 16.1. The molecule has 2 amide bonds. The van der Waals surface area contributed by atoms with E-state index >= 15 is 0 Å². The number of nitrogens with zero attached hydrogens (tertiary/aromatic N) is 2. The Morgan fingerprint density at radius 1 is 0.971 bits per heavy atom. The molecule has 0 heterocycles. The van der Waals surface area contributed by atoms with Gasteiger partial charge < -0.3 is 10.2 Å². The third-order valence-corrected chi connectivity index (χ3v) is 6.71. The molecule has 0 radical (unpaired) electrons. The summed E-state index contributed by atoms with van der Waals surface area (Å²) in [4.78, 5) is 28.2. The molecule has 1 atom stereocenters. The van der Waals surface area contributed by atoms with Crippen molar-refractivity contribution in [3.63, 3.8) is 0 Å². The quantitative estimate of drug-likeness (QED) is 0.496. The van der Waals surface area contributed by atoms with E-state index < -0.39 is 22.0 Å². The summed E-state index contributed by atoms with van der Waals surface area (Å²) in [5.41, 5.74) is 2.18. The van der Waals surface area contributed by atoms with Gasteiger partial charge in [-0.05, 0) is 36.0 Å². The zero-order valence-corrected chi connectivity index (χ0v) is 21.6. The Hall–Kier alpha value is -2.87. The summed E-state index contributed by atoms with van der Waals surface area (Å²) in [6.07, 6.45) is 2.13. The minimum atomic E-state index is -3.74. The molecule has 0 aromatic heterocycles. The summed E-state index contributed by atoms with van der Waals surface area (Å²) < 4.78 is 26.6. The molecule has 186 valence electrons. The number of anilines is 1. The van der Waals surface area contributed by atoms with Crippen LogP contribution in [0, 0.1) is 5.92 Å². The largest absolute Gasteiger partial charge is 0.354 e. The maximum Gasteiger partial charge on any atom is 0.244 e. The monoisotopic (exact) mass is 487 g/mol. The van der Waals surface area contributed by atoms with Gasteiger partial charge in [0.2, 0.25) is 21.8 Å². The molecule has 1 N–H and O–H groups in total.